The number of fused-ring (bicyclic) bond motifs is 1. The first kappa shape index (κ1) is 13.8. The van der Waals surface area contributed by atoms with Crippen LogP contribution in [0.4, 0.5) is 17.6 Å². The van der Waals surface area contributed by atoms with Crippen molar-refractivity contribution in [3.05, 3.63) is 30.1 Å². The van der Waals surface area contributed by atoms with Gasteiger partial charge in [-0.3, -0.25) is 0 Å². The minimum atomic E-state index is -4.02. The minimum absolute atomic E-state index is 0.00743. The van der Waals surface area contributed by atoms with Crippen LogP contribution in [0.2, 0.25) is 0 Å². The zero-order chi connectivity index (χ0) is 14.0. The summed E-state index contributed by atoms with van der Waals surface area (Å²) in [4.78, 5) is 4.24. The maximum absolute atomic E-state index is 12.7. The molecule has 2 aromatic rings. The standard InChI is InChI=1S/C12H13F4N3/c1-19-9-5-3-2-4-8(9)18-10(19)6-17-7-12(15,16)11(13)14/h2-5,11,17H,6-7H2,1H3. The zero-order valence-electron chi connectivity index (χ0n) is 10.2. The predicted molar refractivity (Wildman–Crippen MR) is 63.4 cm³/mol. The van der Waals surface area contributed by atoms with E-state index in [1.165, 1.54) is 0 Å². The molecule has 0 aliphatic heterocycles. The molecule has 0 saturated carbocycles. The number of aromatic nitrogens is 2. The van der Waals surface area contributed by atoms with Crippen LogP contribution < -0.4 is 5.32 Å². The van der Waals surface area contributed by atoms with Gasteiger partial charge in [-0.1, -0.05) is 12.1 Å². The molecule has 3 nitrogen and oxygen atoms in total. The first-order valence-corrected chi connectivity index (χ1v) is 5.69. The second-order valence-electron chi connectivity index (χ2n) is 4.24. The molecule has 104 valence electrons. The van der Waals surface area contributed by atoms with Gasteiger partial charge in [-0.25, -0.2) is 13.8 Å². The Kier molecular flexibility index (Phi) is 3.75. The van der Waals surface area contributed by atoms with Crippen molar-refractivity contribution in [2.75, 3.05) is 6.54 Å². The summed E-state index contributed by atoms with van der Waals surface area (Å²) in [6.45, 7) is -1.07. The van der Waals surface area contributed by atoms with E-state index in [0.717, 1.165) is 11.0 Å². The van der Waals surface area contributed by atoms with Crippen LogP contribution in [0.5, 0.6) is 0 Å². The SMILES string of the molecule is Cn1c(CNCC(F)(F)C(F)F)nc2ccccc21. The number of benzene rings is 1. The first-order chi connectivity index (χ1) is 8.92. The largest absolute Gasteiger partial charge is 0.330 e. The van der Waals surface area contributed by atoms with Crippen LogP contribution in [0.15, 0.2) is 24.3 Å². The van der Waals surface area contributed by atoms with Crippen LogP contribution in [0.25, 0.3) is 11.0 Å². The lowest BCUT2D eigenvalue weighted by Gasteiger charge is -2.15. The Hall–Kier alpha value is -1.63. The van der Waals surface area contributed by atoms with Gasteiger partial charge in [0.05, 0.1) is 24.1 Å². The lowest BCUT2D eigenvalue weighted by Crippen LogP contribution is -2.38. The van der Waals surface area contributed by atoms with Crippen molar-refractivity contribution in [2.24, 2.45) is 7.05 Å². The molecular weight excluding hydrogens is 262 g/mol. The molecule has 0 aliphatic carbocycles. The number of aryl methyl sites for hydroxylation is 1. The molecule has 0 bridgehead atoms. The van der Waals surface area contributed by atoms with E-state index in [2.05, 4.69) is 10.3 Å². The first-order valence-electron chi connectivity index (χ1n) is 5.69. The molecule has 2 rings (SSSR count). The molecule has 0 spiro atoms. The molecule has 0 radical (unpaired) electrons. The molecule has 0 saturated heterocycles. The average molecular weight is 275 g/mol. The smallest absolute Gasteiger partial charge is 0.319 e. The van der Waals surface area contributed by atoms with E-state index in [9.17, 15) is 17.6 Å². The highest BCUT2D eigenvalue weighted by Crippen LogP contribution is 2.21. The molecule has 0 atom stereocenters. The molecule has 0 aliphatic rings. The molecule has 0 amide bonds. The molecule has 19 heavy (non-hydrogen) atoms. The van der Waals surface area contributed by atoms with Gasteiger partial charge in [0.1, 0.15) is 5.82 Å². The fourth-order valence-corrected chi connectivity index (χ4v) is 1.77. The van der Waals surface area contributed by atoms with Gasteiger partial charge in [0.15, 0.2) is 0 Å². The molecule has 7 heteroatoms. The molecule has 0 unspecified atom stereocenters. The van der Waals surface area contributed by atoms with Gasteiger partial charge in [0.25, 0.3) is 0 Å². The summed E-state index contributed by atoms with van der Waals surface area (Å²) in [6.07, 6.45) is -3.67. The molecule has 1 N–H and O–H groups in total. The van der Waals surface area contributed by atoms with E-state index in [0.29, 0.717) is 5.82 Å². The topological polar surface area (TPSA) is 29.9 Å². The van der Waals surface area contributed by atoms with E-state index >= 15 is 0 Å². The highest BCUT2D eigenvalue weighted by molar-refractivity contribution is 5.75. The molecular formula is C12H13F4N3. The Bertz CT molecular complexity index is 565. The van der Waals surface area contributed by atoms with E-state index in [1.807, 2.05) is 18.2 Å². The number of hydrogen-bond acceptors (Lipinski definition) is 2. The number of halogens is 4. The van der Waals surface area contributed by atoms with E-state index in [1.54, 1.807) is 17.7 Å². The van der Waals surface area contributed by atoms with Crippen LogP contribution in [0.1, 0.15) is 5.82 Å². The fraction of sp³-hybridized carbons (Fsp3) is 0.417. The van der Waals surface area contributed by atoms with Crippen molar-refractivity contribution in [1.29, 1.82) is 0 Å². The Labute approximate surface area is 107 Å². The van der Waals surface area contributed by atoms with E-state index in [4.69, 9.17) is 0 Å². The highest BCUT2D eigenvalue weighted by atomic mass is 19.3. The van der Waals surface area contributed by atoms with Gasteiger partial charge in [-0.2, -0.15) is 8.78 Å². The maximum atomic E-state index is 12.7. The van der Waals surface area contributed by atoms with Crippen molar-refractivity contribution in [3.8, 4) is 0 Å². The Morgan fingerprint density at radius 1 is 1.32 bits per heavy atom. The van der Waals surface area contributed by atoms with Gasteiger partial charge < -0.3 is 9.88 Å². The number of imidazole rings is 1. The van der Waals surface area contributed by atoms with Crippen molar-refractivity contribution in [3.63, 3.8) is 0 Å². The summed E-state index contributed by atoms with van der Waals surface area (Å²) in [7, 11) is 1.75. The van der Waals surface area contributed by atoms with Crippen molar-refractivity contribution < 1.29 is 17.6 Å². The number of hydrogen-bond donors (Lipinski definition) is 1. The number of nitrogens with zero attached hydrogens (tertiary/aromatic N) is 2. The molecule has 1 heterocycles. The van der Waals surface area contributed by atoms with Crippen molar-refractivity contribution in [2.45, 2.75) is 18.9 Å². The van der Waals surface area contributed by atoms with Crippen LogP contribution in [-0.2, 0) is 13.6 Å². The third-order valence-electron chi connectivity index (χ3n) is 2.84. The number of nitrogens with one attached hydrogen (secondary N) is 1. The number of rotatable bonds is 5. The summed E-state index contributed by atoms with van der Waals surface area (Å²) in [5, 5.41) is 2.31. The third kappa shape index (κ3) is 2.86. The second kappa shape index (κ2) is 5.16. The third-order valence-corrected chi connectivity index (χ3v) is 2.84. The Morgan fingerprint density at radius 2 is 2.00 bits per heavy atom. The van der Waals surface area contributed by atoms with Crippen molar-refractivity contribution >= 4 is 11.0 Å². The Morgan fingerprint density at radius 3 is 2.63 bits per heavy atom. The monoisotopic (exact) mass is 275 g/mol. The summed E-state index contributed by atoms with van der Waals surface area (Å²) in [5.74, 6) is -3.50. The predicted octanol–water partition coefficient (Wildman–Crippen LogP) is 2.56. The number of para-hydroxylation sites is 2. The van der Waals surface area contributed by atoms with Crippen LogP contribution in [0.3, 0.4) is 0 Å². The highest BCUT2D eigenvalue weighted by Gasteiger charge is 2.40. The van der Waals surface area contributed by atoms with Crippen LogP contribution in [-0.4, -0.2) is 28.4 Å². The molecule has 0 fully saturated rings. The zero-order valence-corrected chi connectivity index (χ0v) is 10.2. The minimum Gasteiger partial charge on any atom is -0.330 e. The van der Waals surface area contributed by atoms with E-state index < -0.39 is 18.9 Å². The van der Waals surface area contributed by atoms with Crippen molar-refractivity contribution in [1.82, 2.24) is 14.9 Å². The quantitative estimate of drug-likeness (QED) is 0.850. The average Bonchev–Trinajstić information content (AvgIpc) is 2.67. The van der Waals surface area contributed by atoms with Gasteiger partial charge in [-0.15, -0.1) is 0 Å². The summed E-state index contributed by atoms with van der Waals surface area (Å²) in [5.41, 5.74) is 1.60. The molecule has 1 aromatic carbocycles. The van der Waals surface area contributed by atoms with Gasteiger partial charge in [-0.05, 0) is 12.1 Å². The lowest BCUT2D eigenvalue weighted by atomic mass is 10.3. The summed E-state index contributed by atoms with van der Waals surface area (Å²) in [6, 6.07) is 7.30. The molecule has 1 aromatic heterocycles. The van der Waals surface area contributed by atoms with Crippen LogP contribution in [0, 0.1) is 0 Å². The lowest BCUT2D eigenvalue weighted by molar-refractivity contribution is -0.125. The fourth-order valence-electron chi connectivity index (χ4n) is 1.77. The normalized spacial score (nSPS) is 12.5. The number of alkyl halides is 4. The van der Waals surface area contributed by atoms with E-state index in [-0.39, 0.29) is 6.54 Å². The van der Waals surface area contributed by atoms with Gasteiger partial charge in [0, 0.05) is 7.05 Å². The summed E-state index contributed by atoms with van der Waals surface area (Å²) < 4.78 is 51.1. The Balaban J connectivity index is 2.04. The summed E-state index contributed by atoms with van der Waals surface area (Å²) >= 11 is 0. The maximum Gasteiger partial charge on any atom is 0.319 e. The van der Waals surface area contributed by atoms with Gasteiger partial charge in [0.2, 0.25) is 0 Å². The second-order valence-corrected chi connectivity index (χ2v) is 4.24. The van der Waals surface area contributed by atoms with Crippen LogP contribution >= 0.6 is 0 Å². The van der Waals surface area contributed by atoms with Gasteiger partial charge >= 0.3 is 12.3 Å².